The second-order valence-electron chi connectivity index (χ2n) is 2.21. The van der Waals surface area contributed by atoms with Crippen LogP contribution in [0.25, 0.3) is 0 Å². The smallest absolute Gasteiger partial charge is 0.0317 e. The Bertz CT molecular complexity index is 66.1. The van der Waals surface area contributed by atoms with Gasteiger partial charge in [-0.3, -0.25) is 0 Å². The minimum Gasteiger partial charge on any atom is -0.0856 e. The van der Waals surface area contributed by atoms with Crippen molar-refractivity contribution in [2.24, 2.45) is 0 Å². The molecular formula is C8H15. The summed E-state index contributed by atoms with van der Waals surface area (Å²) in [5, 5.41) is 0. The summed E-state index contributed by atoms with van der Waals surface area (Å²) < 4.78 is 0. The lowest BCUT2D eigenvalue weighted by molar-refractivity contribution is 1.02. The fourth-order valence-corrected chi connectivity index (χ4v) is 0.486. The topological polar surface area (TPSA) is 0 Å². The monoisotopic (exact) mass is 111 g/mol. The minimum atomic E-state index is 1.14. The van der Waals surface area contributed by atoms with Crippen LogP contribution in [-0.2, 0) is 0 Å². The third kappa shape index (κ3) is 5.74. The Morgan fingerprint density at radius 2 is 2.00 bits per heavy atom. The summed E-state index contributed by atoms with van der Waals surface area (Å²) in [6.07, 6.45) is 6.83. The van der Waals surface area contributed by atoms with E-state index in [1.165, 1.54) is 12.0 Å². The Kier molecular flexibility index (Phi) is 4.73. The quantitative estimate of drug-likeness (QED) is 0.388. The highest BCUT2D eigenvalue weighted by Gasteiger charge is 1.78. The van der Waals surface area contributed by atoms with Crippen LogP contribution in [0.1, 0.15) is 33.6 Å². The minimum absolute atomic E-state index is 1.14. The van der Waals surface area contributed by atoms with Crippen molar-refractivity contribution in [2.75, 3.05) is 0 Å². The van der Waals surface area contributed by atoms with Gasteiger partial charge in [-0.05, 0) is 26.7 Å². The van der Waals surface area contributed by atoms with E-state index in [2.05, 4.69) is 33.3 Å². The molecule has 0 aromatic heterocycles. The maximum Gasteiger partial charge on any atom is -0.0317 e. The first kappa shape index (κ1) is 7.74. The van der Waals surface area contributed by atoms with Gasteiger partial charge >= 0.3 is 0 Å². The maximum absolute atomic E-state index is 2.27. The van der Waals surface area contributed by atoms with Gasteiger partial charge in [-0.25, -0.2) is 0 Å². The van der Waals surface area contributed by atoms with Crippen LogP contribution in [0.4, 0.5) is 0 Å². The molecule has 0 bridgehead atoms. The van der Waals surface area contributed by atoms with Crippen LogP contribution >= 0.6 is 0 Å². The van der Waals surface area contributed by atoms with Gasteiger partial charge in [0.05, 0.1) is 0 Å². The van der Waals surface area contributed by atoms with Crippen molar-refractivity contribution in [2.45, 2.75) is 33.6 Å². The van der Waals surface area contributed by atoms with Crippen LogP contribution in [0.15, 0.2) is 11.6 Å². The highest BCUT2D eigenvalue weighted by Crippen LogP contribution is 1.97. The van der Waals surface area contributed by atoms with E-state index >= 15 is 0 Å². The predicted molar refractivity (Wildman–Crippen MR) is 38.6 cm³/mol. The number of unbranched alkanes of at least 4 members (excludes halogenated alkanes) is 2. The first-order valence-corrected chi connectivity index (χ1v) is 3.22. The van der Waals surface area contributed by atoms with E-state index in [9.17, 15) is 0 Å². The Morgan fingerprint density at radius 1 is 1.38 bits per heavy atom. The molecule has 0 aliphatic carbocycles. The molecule has 47 valence electrons. The zero-order chi connectivity index (χ0) is 6.41. The van der Waals surface area contributed by atoms with Gasteiger partial charge in [-0.2, -0.15) is 0 Å². The largest absolute Gasteiger partial charge is 0.0856 e. The molecule has 0 aliphatic heterocycles. The Hall–Kier alpha value is -0.260. The van der Waals surface area contributed by atoms with E-state index < -0.39 is 0 Å². The third-order valence-corrected chi connectivity index (χ3v) is 0.981. The zero-order valence-electron chi connectivity index (χ0n) is 6.07. The van der Waals surface area contributed by atoms with Crippen LogP contribution in [0.2, 0.25) is 0 Å². The van der Waals surface area contributed by atoms with Gasteiger partial charge in [-0.1, -0.05) is 25.0 Å². The fourth-order valence-electron chi connectivity index (χ4n) is 0.486. The summed E-state index contributed by atoms with van der Waals surface area (Å²) >= 11 is 0. The molecule has 0 heteroatoms. The predicted octanol–water partition coefficient (Wildman–Crippen LogP) is 2.96. The van der Waals surface area contributed by atoms with Gasteiger partial charge in [0.2, 0.25) is 0 Å². The molecule has 0 aromatic carbocycles. The second kappa shape index (κ2) is 4.89. The summed E-state index contributed by atoms with van der Waals surface area (Å²) in [5.41, 5.74) is 1.41. The van der Waals surface area contributed by atoms with Crippen molar-refractivity contribution in [1.29, 1.82) is 0 Å². The summed E-state index contributed by atoms with van der Waals surface area (Å²) in [6, 6.07) is 0. The average molecular weight is 111 g/mol. The molecule has 0 unspecified atom stereocenters. The first-order valence-electron chi connectivity index (χ1n) is 3.22. The van der Waals surface area contributed by atoms with E-state index in [1.54, 1.807) is 0 Å². The number of allylic oxidation sites excluding steroid dienone is 2. The summed E-state index contributed by atoms with van der Waals surface area (Å²) in [7, 11) is 0. The molecule has 0 nitrogen and oxygen atoms in total. The van der Waals surface area contributed by atoms with Crippen LogP contribution in [0, 0.1) is 6.42 Å². The molecule has 0 heterocycles. The molecule has 0 amide bonds. The molecule has 0 saturated carbocycles. The van der Waals surface area contributed by atoms with Crippen molar-refractivity contribution < 1.29 is 0 Å². The van der Waals surface area contributed by atoms with Gasteiger partial charge in [0.15, 0.2) is 0 Å². The maximum atomic E-state index is 2.27. The SMILES string of the molecule is CC[CH]CC=C(C)C. The molecule has 0 saturated heterocycles. The number of hydrogen-bond acceptors (Lipinski definition) is 0. The summed E-state index contributed by atoms with van der Waals surface area (Å²) in [5.74, 6) is 0. The molecule has 0 atom stereocenters. The third-order valence-electron chi connectivity index (χ3n) is 0.981. The molecule has 0 spiro atoms. The standard InChI is InChI=1S/C8H15/c1-4-5-6-7-8(2)3/h5,7H,4,6H2,1-3H3. The highest BCUT2D eigenvalue weighted by molar-refractivity contribution is 4.95. The highest BCUT2D eigenvalue weighted by atomic mass is 13.8. The van der Waals surface area contributed by atoms with Crippen LogP contribution in [0.3, 0.4) is 0 Å². The van der Waals surface area contributed by atoms with Crippen molar-refractivity contribution in [3.8, 4) is 0 Å². The molecule has 0 rings (SSSR count). The van der Waals surface area contributed by atoms with Gasteiger partial charge in [0, 0.05) is 0 Å². The summed E-state index contributed by atoms with van der Waals surface area (Å²) in [6.45, 7) is 6.42. The fraction of sp³-hybridized carbons (Fsp3) is 0.625. The normalized spacial score (nSPS) is 8.88. The number of hydrogen-bond donors (Lipinski definition) is 0. The number of rotatable bonds is 3. The average Bonchev–Trinajstić information content (AvgIpc) is 1.66. The molecule has 0 fully saturated rings. The van der Waals surface area contributed by atoms with Crippen molar-refractivity contribution in [1.82, 2.24) is 0 Å². The summed E-state index contributed by atoms with van der Waals surface area (Å²) in [4.78, 5) is 0. The zero-order valence-corrected chi connectivity index (χ0v) is 6.07. The Morgan fingerprint density at radius 3 is 2.38 bits per heavy atom. The van der Waals surface area contributed by atoms with E-state index in [4.69, 9.17) is 0 Å². The van der Waals surface area contributed by atoms with E-state index in [0.29, 0.717) is 0 Å². The van der Waals surface area contributed by atoms with E-state index in [0.717, 1.165) is 6.42 Å². The van der Waals surface area contributed by atoms with Gasteiger partial charge in [0.25, 0.3) is 0 Å². The van der Waals surface area contributed by atoms with Crippen LogP contribution in [-0.4, -0.2) is 0 Å². The van der Waals surface area contributed by atoms with Gasteiger partial charge in [0.1, 0.15) is 0 Å². The molecule has 0 aliphatic rings. The Labute approximate surface area is 52.6 Å². The van der Waals surface area contributed by atoms with Crippen LogP contribution in [0.5, 0.6) is 0 Å². The molecule has 1 radical (unpaired) electrons. The lowest BCUT2D eigenvalue weighted by Crippen LogP contribution is -1.69. The molecular weight excluding hydrogens is 96.1 g/mol. The Balaban J connectivity index is 3.03. The lowest BCUT2D eigenvalue weighted by Gasteiger charge is -1.88. The molecule has 8 heavy (non-hydrogen) atoms. The molecule has 0 N–H and O–H groups in total. The van der Waals surface area contributed by atoms with Gasteiger partial charge < -0.3 is 0 Å². The van der Waals surface area contributed by atoms with Crippen molar-refractivity contribution in [3.63, 3.8) is 0 Å². The second-order valence-corrected chi connectivity index (χ2v) is 2.21. The van der Waals surface area contributed by atoms with Crippen LogP contribution < -0.4 is 0 Å². The van der Waals surface area contributed by atoms with Gasteiger partial charge in [-0.15, -0.1) is 0 Å². The van der Waals surface area contributed by atoms with E-state index in [1.807, 2.05) is 0 Å². The van der Waals surface area contributed by atoms with Crippen molar-refractivity contribution >= 4 is 0 Å². The van der Waals surface area contributed by atoms with E-state index in [-0.39, 0.29) is 0 Å². The lowest BCUT2D eigenvalue weighted by atomic mass is 10.2. The van der Waals surface area contributed by atoms with Crippen molar-refractivity contribution in [3.05, 3.63) is 18.1 Å². The first-order chi connectivity index (χ1) is 3.77. The molecule has 0 aromatic rings.